The minimum atomic E-state index is -3.48. The van der Waals surface area contributed by atoms with Crippen LogP contribution in [0.2, 0.25) is 0 Å². The van der Waals surface area contributed by atoms with Gasteiger partial charge in [0, 0.05) is 17.5 Å². The van der Waals surface area contributed by atoms with E-state index in [0.29, 0.717) is 17.9 Å². The highest BCUT2D eigenvalue weighted by atomic mass is 32.2. The first kappa shape index (κ1) is 16.2. The van der Waals surface area contributed by atoms with Crippen molar-refractivity contribution < 1.29 is 8.42 Å². The lowest BCUT2D eigenvalue weighted by Crippen LogP contribution is -2.34. The second-order valence-corrected chi connectivity index (χ2v) is 7.73. The molecule has 2 N–H and O–H groups in total. The first-order valence-corrected chi connectivity index (χ1v) is 9.16. The van der Waals surface area contributed by atoms with E-state index in [4.69, 9.17) is 0 Å². The van der Waals surface area contributed by atoms with Crippen LogP contribution < -0.4 is 10.0 Å². The Bertz CT molecular complexity index is 667. The summed E-state index contributed by atoms with van der Waals surface area (Å²) >= 11 is 1.64. The monoisotopic (exact) mass is 324 g/mol. The molecule has 0 amide bonds. The van der Waals surface area contributed by atoms with Gasteiger partial charge in [-0.05, 0) is 49.5 Å². The quantitative estimate of drug-likeness (QED) is 0.822. The SMILES string of the molecule is CNCc1cccc(S(=O)(=O)NC(C)Cc2cccs2)c1. The van der Waals surface area contributed by atoms with Crippen LogP contribution >= 0.6 is 11.3 Å². The fourth-order valence-corrected chi connectivity index (χ4v) is 4.28. The van der Waals surface area contributed by atoms with Crippen LogP contribution in [0.4, 0.5) is 0 Å². The Morgan fingerprint density at radius 2 is 2.05 bits per heavy atom. The largest absolute Gasteiger partial charge is 0.316 e. The smallest absolute Gasteiger partial charge is 0.240 e. The van der Waals surface area contributed by atoms with Crippen LogP contribution in [-0.4, -0.2) is 21.5 Å². The van der Waals surface area contributed by atoms with Gasteiger partial charge in [0.25, 0.3) is 0 Å². The molecule has 1 unspecified atom stereocenters. The Morgan fingerprint density at radius 1 is 1.24 bits per heavy atom. The molecule has 1 atom stereocenters. The van der Waals surface area contributed by atoms with Gasteiger partial charge in [-0.3, -0.25) is 0 Å². The summed E-state index contributed by atoms with van der Waals surface area (Å²) in [4.78, 5) is 1.49. The summed E-state index contributed by atoms with van der Waals surface area (Å²) in [5.41, 5.74) is 0.950. The van der Waals surface area contributed by atoms with Gasteiger partial charge in [0.2, 0.25) is 10.0 Å². The fourth-order valence-electron chi connectivity index (χ4n) is 2.13. The molecule has 0 radical (unpaired) electrons. The highest BCUT2D eigenvalue weighted by Gasteiger charge is 2.18. The molecule has 0 spiro atoms. The van der Waals surface area contributed by atoms with Crippen molar-refractivity contribution in [2.24, 2.45) is 0 Å². The molecule has 0 saturated carbocycles. The lowest BCUT2D eigenvalue weighted by Gasteiger charge is -2.14. The molecule has 1 heterocycles. The molecule has 0 aliphatic rings. The van der Waals surface area contributed by atoms with Crippen LogP contribution in [0.15, 0.2) is 46.7 Å². The number of hydrogen-bond donors (Lipinski definition) is 2. The summed E-state index contributed by atoms with van der Waals surface area (Å²) in [7, 11) is -1.64. The van der Waals surface area contributed by atoms with E-state index in [1.165, 1.54) is 4.88 Å². The molecular formula is C15H20N2O2S2. The molecule has 0 aliphatic heterocycles. The Labute approximate surface area is 130 Å². The van der Waals surface area contributed by atoms with Gasteiger partial charge in [-0.25, -0.2) is 13.1 Å². The van der Waals surface area contributed by atoms with Crippen LogP contribution in [-0.2, 0) is 23.0 Å². The average Bonchev–Trinajstić information content (AvgIpc) is 2.91. The van der Waals surface area contributed by atoms with Gasteiger partial charge in [0.1, 0.15) is 0 Å². The highest BCUT2D eigenvalue weighted by Crippen LogP contribution is 2.15. The van der Waals surface area contributed by atoms with E-state index in [1.807, 2.05) is 37.6 Å². The van der Waals surface area contributed by atoms with Crippen LogP contribution in [0, 0.1) is 0 Å². The van der Waals surface area contributed by atoms with Crippen LogP contribution in [0.25, 0.3) is 0 Å². The van der Waals surface area contributed by atoms with Gasteiger partial charge < -0.3 is 5.32 Å². The first-order chi connectivity index (χ1) is 10.0. The molecule has 1 aromatic carbocycles. The lowest BCUT2D eigenvalue weighted by molar-refractivity contribution is 0.560. The van der Waals surface area contributed by atoms with E-state index in [2.05, 4.69) is 10.0 Å². The van der Waals surface area contributed by atoms with Crippen molar-refractivity contribution in [3.05, 3.63) is 52.2 Å². The molecule has 1 aromatic heterocycles. The third kappa shape index (κ3) is 4.64. The maximum absolute atomic E-state index is 12.4. The summed E-state index contributed by atoms with van der Waals surface area (Å²) < 4.78 is 27.5. The van der Waals surface area contributed by atoms with Crippen molar-refractivity contribution in [2.45, 2.75) is 30.8 Å². The number of nitrogens with one attached hydrogen (secondary N) is 2. The van der Waals surface area contributed by atoms with Crippen LogP contribution in [0.3, 0.4) is 0 Å². The molecule has 6 heteroatoms. The van der Waals surface area contributed by atoms with E-state index in [-0.39, 0.29) is 6.04 Å². The van der Waals surface area contributed by atoms with Gasteiger partial charge >= 0.3 is 0 Å². The number of thiophene rings is 1. The highest BCUT2D eigenvalue weighted by molar-refractivity contribution is 7.89. The molecule has 114 valence electrons. The molecule has 2 aromatic rings. The zero-order valence-electron chi connectivity index (χ0n) is 12.2. The Balaban J connectivity index is 2.08. The van der Waals surface area contributed by atoms with Crippen molar-refractivity contribution in [3.8, 4) is 0 Å². The summed E-state index contributed by atoms with van der Waals surface area (Å²) in [6.07, 6.45) is 0.701. The summed E-state index contributed by atoms with van der Waals surface area (Å²) in [5.74, 6) is 0. The van der Waals surface area contributed by atoms with Crippen molar-refractivity contribution in [2.75, 3.05) is 7.05 Å². The van der Waals surface area contributed by atoms with E-state index in [0.717, 1.165) is 5.56 Å². The van der Waals surface area contributed by atoms with Crippen molar-refractivity contribution >= 4 is 21.4 Å². The zero-order chi connectivity index (χ0) is 15.3. The van der Waals surface area contributed by atoms with Gasteiger partial charge in [-0.15, -0.1) is 11.3 Å². The van der Waals surface area contributed by atoms with E-state index in [9.17, 15) is 8.42 Å². The molecular weight excluding hydrogens is 304 g/mol. The van der Waals surface area contributed by atoms with Gasteiger partial charge in [0.15, 0.2) is 0 Å². The minimum absolute atomic E-state index is 0.137. The molecule has 21 heavy (non-hydrogen) atoms. The minimum Gasteiger partial charge on any atom is -0.316 e. The Kier molecular flexibility index (Phi) is 5.52. The molecule has 0 aliphatic carbocycles. The molecule has 2 rings (SSSR count). The number of rotatable bonds is 7. The maximum atomic E-state index is 12.4. The van der Waals surface area contributed by atoms with Crippen molar-refractivity contribution in [1.82, 2.24) is 10.0 Å². The second kappa shape index (κ2) is 7.17. The standard InChI is InChI=1S/C15H20N2O2S2/c1-12(9-14-6-4-8-20-14)17-21(18,19)15-7-3-5-13(10-15)11-16-2/h3-8,10,12,16-17H,9,11H2,1-2H3. The normalized spacial score (nSPS) is 13.2. The third-order valence-corrected chi connectivity index (χ3v) is 5.52. The van der Waals surface area contributed by atoms with Gasteiger partial charge in [-0.2, -0.15) is 0 Å². The van der Waals surface area contributed by atoms with Crippen LogP contribution in [0.5, 0.6) is 0 Å². The maximum Gasteiger partial charge on any atom is 0.240 e. The van der Waals surface area contributed by atoms with Crippen LogP contribution in [0.1, 0.15) is 17.4 Å². The van der Waals surface area contributed by atoms with Crippen molar-refractivity contribution in [1.29, 1.82) is 0 Å². The molecule has 4 nitrogen and oxygen atoms in total. The van der Waals surface area contributed by atoms with E-state index < -0.39 is 10.0 Å². The zero-order valence-corrected chi connectivity index (χ0v) is 13.8. The Morgan fingerprint density at radius 3 is 2.71 bits per heavy atom. The van der Waals surface area contributed by atoms with E-state index >= 15 is 0 Å². The van der Waals surface area contributed by atoms with Crippen molar-refractivity contribution in [3.63, 3.8) is 0 Å². The summed E-state index contributed by atoms with van der Waals surface area (Å²) in [6.45, 7) is 2.53. The molecule has 0 bridgehead atoms. The topological polar surface area (TPSA) is 58.2 Å². The lowest BCUT2D eigenvalue weighted by atomic mass is 10.2. The number of benzene rings is 1. The molecule has 0 fully saturated rings. The van der Waals surface area contributed by atoms with E-state index in [1.54, 1.807) is 29.5 Å². The Hall–Kier alpha value is -1.21. The number of sulfonamides is 1. The predicted molar refractivity (Wildman–Crippen MR) is 87.0 cm³/mol. The average molecular weight is 324 g/mol. The fraction of sp³-hybridized carbons (Fsp3) is 0.333. The number of hydrogen-bond acceptors (Lipinski definition) is 4. The summed E-state index contributed by atoms with van der Waals surface area (Å²) in [5, 5.41) is 5.02. The van der Waals surface area contributed by atoms with Gasteiger partial charge in [0.05, 0.1) is 4.90 Å². The third-order valence-electron chi connectivity index (χ3n) is 3.03. The second-order valence-electron chi connectivity index (χ2n) is 4.98. The first-order valence-electron chi connectivity index (χ1n) is 6.79. The predicted octanol–water partition coefficient (Wildman–Crippen LogP) is 2.38. The molecule has 0 saturated heterocycles. The van der Waals surface area contributed by atoms with Gasteiger partial charge in [-0.1, -0.05) is 18.2 Å². The summed E-state index contributed by atoms with van der Waals surface area (Å²) in [6, 6.07) is 10.9.